The van der Waals surface area contributed by atoms with Gasteiger partial charge in [-0.25, -0.2) is 9.78 Å². The van der Waals surface area contributed by atoms with Crippen LogP contribution >= 0.6 is 0 Å². The third-order valence-corrected chi connectivity index (χ3v) is 2.52. The van der Waals surface area contributed by atoms with Crippen molar-refractivity contribution in [3.05, 3.63) is 18.7 Å². The van der Waals surface area contributed by atoms with Gasteiger partial charge in [0.2, 0.25) is 0 Å². The molecule has 5 nitrogen and oxygen atoms in total. The number of nitrogens with zero attached hydrogens (tertiary/aromatic N) is 2. The molecule has 2 heterocycles. The van der Waals surface area contributed by atoms with Gasteiger partial charge in [-0.3, -0.25) is 4.57 Å². The summed E-state index contributed by atoms with van der Waals surface area (Å²) in [7, 11) is 0. The van der Waals surface area contributed by atoms with E-state index in [-0.39, 0.29) is 12.1 Å². The Balaban J connectivity index is 1.87. The molecule has 1 N–H and O–H groups in total. The molecule has 1 atom stereocenters. The second-order valence-corrected chi connectivity index (χ2v) is 3.66. The number of carbonyl (C=O) groups is 1. The molecule has 0 radical (unpaired) electrons. The lowest BCUT2D eigenvalue weighted by atomic mass is 10.1. The molecule has 1 unspecified atom stereocenters. The molecule has 0 spiro atoms. The van der Waals surface area contributed by atoms with Crippen LogP contribution < -0.4 is 5.32 Å². The van der Waals surface area contributed by atoms with Crippen molar-refractivity contribution in [2.24, 2.45) is 0 Å². The molecule has 0 aromatic carbocycles. The van der Waals surface area contributed by atoms with Gasteiger partial charge in [-0.1, -0.05) is 0 Å². The number of carbonyl (C=O) groups excluding carboxylic acids is 1. The second kappa shape index (κ2) is 4.93. The lowest BCUT2D eigenvalue weighted by Crippen LogP contribution is -2.37. The van der Waals surface area contributed by atoms with Crippen molar-refractivity contribution in [1.82, 2.24) is 14.9 Å². The fourth-order valence-electron chi connectivity index (χ4n) is 1.68. The zero-order chi connectivity index (χ0) is 10.5. The Hall–Kier alpha value is -1.36. The van der Waals surface area contributed by atoms with Crippen molar-refractivity contribution in [3.63, 3.8) is 0 Å². The molecule has 1 aromatic rings. The van der Waals surface area contributed by atoms with E-state index < -0.39 is 0 Å². The van der Waals surface area contributed by atoms with Crippen molar-refractivity contribution in [2.45, 2.75) is 25.3 Å². The van der Waals surface area contributed by atoms with Crippen molar-refractivity contribution >= 4 is 6.03 Å². The number of hydrogen-bond donors (Lipinski definition) is 1. The highest BCUT2D eigenvalue weighted by Crippen LogP contribution is 2.08. The monoisotopic (exact) mass is 209 g/mol. The van der Waals surface area contributed by atoms with Crippen LogP contribution in [0.2, 0.25) is 0 Å². The number of ether oxygens (including phenoxy) is 1. The fraction of sp³-hybridized carbons (Fsp3) is 0.600. The molecule has 1 fully saturated rings. The third-order valence-electron chi connectivity index (χ3n) is 2.52. The average Bonchev–Trinajstić information content (AvgIpc) is 2.65. The summed E-state index contributed by atoms with van der Waals surface area (Å²) in [6.07, 6.45) is 7.62. The lowest BCUT2D eigenvalue weighted by molar-refractivity contribution is 0.143. The van der Waals surface area contributed by atoms with Crippen LogP contribution in [0.5, 0.6) is 0 Å². The predicted molar refractivity (Wildman–Crippen MR) is 54.6 cm³/mol. The second-order valence-electron chi connectivity index (χ2n) is 3.66. The van der Waals surface area contributed by atoms with Gasteiger partial charge in [0.15, 0.2) is 0 Å². The molecule has 82 valence electrons. The standard InChI is InChI=1S/C10H15N3O2/c14-10(13-5-4-11-8-13)12-9-2-1-6-15-7-3-9/h4-5,8-9H,1-3,6-7H2,(H,12,14). The SMILES string of the molecule is O=C(NC1CCCOCC1)n1ccnc1. The smallest absolute Gasteiger partial charge is 0.327 e. The van der Waals surface area contributed by atoms with E-state index in [1.54, 1.807) is 12.4 Å². The minimum absolute atomic E-state index is 0.112. The summed E-state index contributed by atoms with van der Waals surface area (Å²) >= 11 is 0. The van der Waals surface area contributed by atoms with Crippen molar-refractivity contribution < 1.29 is 9.53 Å². The summed E-state index contributed by atoms with van der Waals surface area (Å²) in [5.41, 5.74) is 0. The minimum Gasteiger partial charge on any atom is -0.381 e. The van der Waals surface area contributed by atoms with Gasteiger partial charge in [0.05, 0.1) is 0 Å². The van der Waals surface area contributed by atoms with Crippen molar-refractivity contribution in [3.8, 4) is 0 Å². The zero-order valence-corrected chi connectivity index (χ0v) is 8.56. The molecule has 5 heteroatoms. The van der Waals surface area contributed by atoms with Crippen LogP contribution in [0.15, 0.2) is 18.7 Å². The fourth-order valence-corrected chi connectivity index (χ4v) is 1.68. The zero-order valence-electron chi connectivity index (χ0n) is 8.56. The number of hydrogen-bond acceptors (Lipinski definition) is 3. The molecule has 1 aromatic heterocycles. The third kappa shape index (κ3) is 2.79. The number of imidazole rings is 1. The molecule has 1 aliphatic rings. The van der Waals surface area contributed by atoms with E-state index in [0.717, 1.165) is 32.5 Å². The summed E-state index contributed by atoms with van der Waals surface area (Å²) < 4.78 is 6.78. The van der Waals surface area contributed by atoms with Gasteiger partial charge in [-0.2, -0.15) is 0 Å². The topological polar surface area (TPSA) is 56.1 Å². The molecule has 0 saturated carbocycles. The van der Waals surface area contributed by atoms with E-state index in [1.165, 1.54) is 10.9 Å². The number of amides is 1. The normalized spacial score (nSPS) is 22.0. The molecule has 0 aliphatic carbocycles. The predicted octanol–water partition coefficient (Wildman–Crippen LogP) is 1.01. The van der Waals surface area contributed by atoms with Crippen LogP contribution in [0.3, 0.4) is 0 Å². The van der Waals surface area contributed by atoms with Crippen LogP contribution in [-0.4, -0.2) is 34.8 Å². The largest absolute Gasteiger partial charge is 0.381 e. The van der Waals surface area contributed by atoms with E-state index in [9.17, 15) is 4.79 Å². The van der Waals surface area contributed by atoms with Gasteiger partial charge in [0, 0.05) is 31.6 Å². The highest BCUT2D eigenvalue weighted by atomic mass is 16.5. The number of rotatable bonds is 1. The number of aromatic nitrogens is 2. The van der Waals surface area contributed by atoms with Gasteiger partial charge in [-0.15, -0.1) is 0 Å². The summed E-state index contributed by atoms with van der Waals surface area (Å²) in [5.74, 6) is 0. The van der Waals surface area contributed by atoms with E-state index in [2.05, 4.69) is 10.3 Å². The van der Waals surface area contributed by atoms with E-state index >= 15 is 0 Å². The van der Waals surface area contributed by atoms with Gasteiger partial charge in [0.1, 0.15) is 6.33 Å². The van der Waals surface area contributed by atoms with Crippen molar-refractivity contribution in [2.75, 3.05) is 13.2 Å². The summed E-state index contributed by atoms with van der Waals surface area (Å²) in [6.45, 7) is 1.53. The van der Waals surface area contributed by atoms with Crippen molar-refractivity contribution in [1.29, 1.82) is 0 Å². The van der Waals surface area contributed by atoms with Gasteiger partial charge in [-0.05, 0) is 19.3 Å². The summed E-state index contributed by atoms with van der Waals surface area (Å²) in [5, 5.41) is 2.97. The molecular formula is C10H15N3O2. The minimum atomic E-state index is -0.112. The van der Waals surface area contributed by atoms with Gasteiger partial charge < -0.3 is 10.1 Å². The van der Waals surface area contributed by atoms with Crippen LogP contribution in [-0.2, 0) is 4.74 Å². The lowest BCUT2D eigenvalue weighted by Gasteiger charge is -2.15. The first kappa shape index (κ1) is 10.2. The first-order valence-electron chi connectivity index (χ1n) is 5.23. The quantitative estimate of drug-likeness (QED) is 0.751. The molecule has 1 aliphatic heterocycles. The molecule has 1 amide bonds. The van der Waals surface area contributed by atoms with E-state index in [4.69, 9.17) is 4.74 Å². The van der Waals surface area contributed by atoms with Crippen LogP contribution in [0, 0.1) is 0 Å². The Morgan fingerprint density at radius 1 is 1.47 bits per heavy atom. The maximum absolute atomic E-state index is 11.7. The van der Waals surface area contributed by atoms with Crippen LogP contribution in [0.25, 0.3) is 0 Å². The summed E-state index contributed by atoms with van der Waals surface area (Å²) in [4.78, 5) is 15.5. The molecular weight excluding hydrogens is 194 g/mol. The van der Waals surface area contributed by atoms with Crippen LogP contribution in [0.4, 0.5) is 4.79 Å². The average molecular weight is 209 g/mol. The Bertz CT molecular complexity index is 302. The van der Waals surface area contributed by atoms with Crippen LogP contribution in [0.1, 0.15) is 19.3 Å². The number of nitrogens with one attached hydrogen (secondary N) is 1. The molecule has 2 rings (SSSR count). The Kier molecular flexibility index (Phi) is 3.34. The van der Waals surface area contributed by atoms with Gasteiger partial charge >= 0.3 is 6.03 Å². The Morgan fingerprint density at radius 2 is 2.40 bits per heavy atom. The maximum atomic E-state index is 11.7. The molecule has 15 heavy (non-hydrogen) atoms. The Morgan fingerprint density at radius 3 is 3.20 bits per heavy atom. The van der Waals surface area contributed by atoms with E-state index in [0.29, 0.717) is 0 Å². The first-order valence-corrected chi connectivity index (χ1v) is 5.23. The highest BCUT2D eigenvalue weighted by molar-refractivity contribution is 5.76. The van der Waals surface area contributed by atoms with E-state index in [1.807, 2.05) is 0 Å². The first-order chi connectivity index (χ1) is 7.36. The molecule has 0 bridgehead atoms. The van der Waals surface area contributed by atoms with Gasteiger partial charge in [0.25, 0.3) is 0 Å². The Labute approximate surface area is 88.4 Å². The highest BCUT2D eigenvalue weighted by Gasteiger charge is 2.15. The molecule has 1 saturated heterocycles. The summed E-state index contributed by atoms with van der Waals surface area (Å²) in [6, 6.07) is 0.113. The maximum Gasteiger partial charge on any atom is 0.327 e.